The minimum absolute atomic E-state index is 0.0244. The third-order valence-electron chi connectivity index (χ3n) is 5.83. The Hall–Kier alpha value is -3.92. The van der Waals surface area contributed by atoms with Gasteiger partial charge in [-0.05, 0) is 41.5 Å². The lowest BCUT2D eigenvalue weighted by atomic mass is 9.86. The molecule has 172 valence electrons. The van der Waals surface area contributed by atoms with Gasteiger partial charge in [0.1, 0.15) is 5.75 Å². The first-order chi connectivity index (χ1) is 16.2. The molecule has 0 heterocycles. The predicted molar refractivity (Wildman–Crippen MR) is 138 cm³/mol. The second kappa shape index (κ2) is 9.52. The molecule has 0 saturated carbocycles. The number of rotatable bonds is 6. The predicted octanol–water partition coefficient (Wildman–Crippen LogP) is 6.77. The fourth-order valence-corrected chi connectivity index (χ4v) is 3.81. The molecule has 0 aliphatic rings. The quantitative estimate of drug-likeness (QED) is 0.329. The second-order valence-corrected chi connectivity index (χ2v) is 9.46. The van der Waals surface area contributed by atoms with Crippen molar-refractivity contribution < 1.29 is 14.3 Å². The minimum Gasteiger partial charge on any atom is -0.480 e. The van der Waals surface area contributed by atoms with Crippen LogP contribution in [0.15, 0.2) is 91.0 Å². The normalized spacial score (nSPS) is 12.2. The molecule has 0 aliphatic carbocycles. The van der Waals surface area contributed by atoms with Gasteiger partial charge in [-0.1, -0.05) is 93.6 Å². The van der Waals surface area contributed by atoms with Gasteiger partial charge in [-0.25, -0.2) is 0 Å². The van der Waals surface area contributed by atoms with E-state index in [-0.39, 0.29) is 17.1 Å². The molecule has 1 N–H and O–H groups in total. The number of carbonyl (C=O) groups excluding carboxylic acids is 2. The van der Waals surface area contributed by atoms with Gasteiger partial charge >= 0.3 is 0 Å². The summed E-state index contributed by atoms with van der Waals surface area (Å²) in [6.45, 7) is 8.13. The Balaban J connectivity index is 1.46. The molecule has 4 aromatic rings. The summed E-state index contributed by atoms with van der Waals surface area (Å²) >= 11 is 0. The molecule has 0 unspecified atom stereocenters. The molecule has 0 aromatic heterocycles. The number of hydrogen-bond acceptors (Lipinski definition) is 3. The Labute approximate surface area is 200 Å². The van der Waals surface area contributed by atoms with Crippen molar-refractivity contribution in [3.05, 3.63) is 108 Å². The van der Waals surface area contributed by atoms with Crippen molar-refractivity contribution in [1.82, 2.24) is 0 Å². The number of carbonyl (C=O) groups is 2. The highest BCUT2D eigenvalue weighted by Gasteiger charge is 2.18. The van der Waals surface area contributed by atoms with Crippen LogP contribution in [-0.2, 0) is 10.2 Å². The van der Waals surface area contributed by atoms with Crippen molar-refractivity contribution in [1.29, 1.82) is 0 Å². The topological polar surface area (TPSA) is 55.4 Å². The van der Waals surface area contributed by atoms with Crippen LogP contribution in [0.4, 0.5) is 5.69 Å². The Morgan fingerprint density at radius 2 is 1.47 bits per heavy atom. The summed E-state index contributed by atoms with van der Waals surface area (Å²) in [5.41, 5.74) is 2.88. The number of anilines is 1. The summed E-state index contributed by atoms with van der Waals surface area (Å²) in [6, 6.07) is 28.3. The third-order valence-corrected chi connectivity index (χ3v) is 5.83. The lowest BCUT2D eigenvalue weighted by Crippen LogP contribution is -2.30. The summed E-state index contributed by atoms with van der Waals surface area (Å²) in [4.78, 5) is 25.8. The molecule has 0 bridgehead atoms. The fourth-order valence-electron chi connectivity index (χ4n) is 3.81. The van der Waals surface area contributed by atoms with E-state index in [1.807, 2.05) is 66.7 Å². The van der Waals surface area contributed by atoms with E-state index in [0.29, 0.717) is 22.6 Å². The Kier molecular flexibility index (Phi) is 6.51. The first-order valence-electron chi connectivity index (χ1n) is 11.4. The van der Waals surface area contributed by atoms with Crippen LogP contribution in [0.1, 0.15) is 49.2 Å². The Morgan fingerprint density at radius 3 is 2.21 bits per heavy atom. The van der Waals surface area contributed by atoms with Gasteiger partial charge in [0.25, 0.3) is 5.91 Å². The molecular weight excluding hydrogens is 422 g/mol. The van der Waals surface area contributed by atoms with Crippen molar-refractivity contribution in [3.8, 4) is 5.75 Å². The van der Waals surface area contributed by atoms with Gasteiger partial charge in [0.2, 0.25) is 0 Å². The highest BCUT2D eigenvalue weighted by atomic mass is 16.5. The standard InChI is InChI=1S/C30H29NO3/c1-20(34-27-14-8-10-21-9-5-6-13-26(21)27)29(33)31-25-12-7-11-23(19-25)28(32)22-15-17-24(18-16-22)30(2,3)4/h5-20H,1-4H3,(H,31,33)/t20-/m0/s1. The molecule has 4 rings (SSSR count). The molecular formula is C30H29NO3. The van der Waals surface area contributed by atoms with Gasteiger partial charge in [0.05, 0.1) is 0 Å². The second-order valence-electron chi connectivity index (χ2n) is 9.46. The lowest BCUT2D eigenvalue weighted by molar-refractivity contribution is -0.122. The zero-order valence-electron chi connectivity index (χ0n) is 20.0. The van der Waals surface area contributed by atoms with E-state index in [9.17, 15) is 9.59 Å². The Bertz CT molecular complexity index is 1330. The smallest absolute Gasteiger partial charge is 0.265 e. The molecule has 0 fully saturated rings. The summed E-state index contributed by atoms with van der Waals surface area (Å²) in [7, 11) is 0. The van der Waals surface area contributed by atoms with Crippen LogP contribution in [0.5, 0.6) is 5.75 Å². The molecule has 0 radical (unpaired) electrons. The van der Waals surface area contributed by atoms with Crippen molar-refractivity contribution in [2.45, 2.75) is 39.2 Å². The molecule has 1 atom stereocenters. The minimum atomic E-state index is -0.713. The molecule has 4 heteroatoms. The average Bonchev–Trinajstić information content (AvgIpc) is 2.83. The summed E-state index contributed by atoms with van der Waals surface area (Å²) in [6.07, 6.45) is -0.713. The number of nitrogens with one attached hydrogen (secondary N) is 1. The number of hydrogen-bond donors (Lipinski definition) is 1. The zero-order chi connectivity index (χ0) is 24.3. The van der Waals surface area contributed by atoms with E-state index in [1.54, 1.807) is 31.2 Å². The van der Waals surface area contributed by atoms with Gasteiger partial charge in [0.15, 0.2) is 11.9 Å². The molecule has 0 spiro atoms. The number of amides is 1. The van der Waals surface area contributed by atoms with Crippen molar-refractivity contribution in [2.75, 3.05) is 5.32 Å². The van der Waals surface area contributed by atoms with E-state index in [4.69, 9.17) is 4.74 Å². The van der Waals surface area contributed by atoms with Crippen molar-refractivity contribution >= 4 is 28.2 Å². The zero-order valence-corrected chi connectivity index (χ0v) is 20.0. The fraction of sp³-hybridized carbons (Fsp3) is 0.200. The molecule has 0 aliphatic heterocycles. The van der Waals surface area contributed by atoms with Gasteiger partial charge in [-0.3, -0.25) is 9.59 Å². The molecule has 0 saturated heterocycles. The van der Waals surface area contributed by atoms with Gasteiger partial charge in [-0.2, -0.15) is 0 Å². The maximum absolute atomic E-state index is 13.0. The van der Waals surface area contributed by atoms with Crippen molar-refractivity contribution in [2.24, 2.45) is 0 Å². The number of benzene rings is 4. The van der Waals surface area contributed by atoms with E-state index in [2.05, 4.69) is 26.1 Å². The van der Waals surface area contributed by atoms with Crippen LogP contribution in [0, 0.1) is 0 Å². The van der Waals surface area contributed by atoms with E-state index < -0.39 is 6.10 Å². The highest BCUT2D eigenvalue weighted by Crippen LogP contribution is 2.27. The van der Waals surface area contributed by atoms with Crippen LogP contribution in [0.25, 0.3) is 10.8 Å². The molecule has 4 nitrogen and oxygen atoms in total. The number of fused-ring (bicyclic) bond motifs is 1. The highest BCUT2D eigenvalue weighted by molar-refractivity contribution is 6.09. The van der Waals surface area contributed by atoms with E-state index in [1.165, 1.54) is 5.56 Å². The van der Waals surface area contributed by atoms with Crippen LogP contribution in [-0.4, -0.2) is 17.8 Å². The van der Waals surface area contributed by atoms with Crippen LogP contribution in [0.3, 0.4) is 0 Å². The van der Waals surface area contributed by atoms with Crippen LogP contribution in [0.2, 0.25) is 0 Å². The SMILES string of the molecule is C[C@H](Oc1cccc2ccccc12)C(=O)Nc1cccc(C(=O)c2ccc(C(C)(C)C)cc2)c1. The summed E-state index contributed by atoms with van der Waals surface area (Å²) in [5, 5.41) is 4.87. The van der Waals surface area contributed by atoms with Crippen LogP contribution < -0.4 is 10.1 Å². The van der Waals surface area contributed by atoms with Gasteiger partial charge in [0, 0.05) is 22.2 Å². The molecule has 1 amide bonds. The van der Waals surface area contributed by atoms with Crippen molar-refractivity contribution in [3.63, 3.8) is 0 Å². The Morgan fingerprint density at radius 1 is 0.794 bits per heavy atom. The first kappa shape index (κ1) is 23.2. The van der Waals surface area contributed by atoms with E-state index >= 15 is 0 Å². The lowest BCUT2D eigenvalue weighted by Gasteiger charge is -2.19. The van der Waals surface area contributed by atoms with Crippen LogP contribution >= 0.6 is 0 Å². The number of ether oxygens (including phenoxy) is 1. The first-order valence-corrected chi connectivity index (χ1v) is 11.4. The number of ketones is 1. The molecule has 4 aromatic carbocycles. The van der Waals surface area contributed by atoms with Gasteiger partial charge < -0.3 is 10.1 Å². The van der Waals surface area contributed by atoms with Gasteiger partial charge in [-0.15, -0.1) is 0 Å². The largest absolute Gasteiger partial charge is 0.480 e. The summed E-state index contributed by atoms with van der Waals surface area (Å²) in [5.74, 6) is 0.284. The maximum atomic E-state index is 13.0. The monoisotopic (exact) mass is 451 g/mol. The molecule has 34 heavy (non-hydrogen) atoms. The summed E-state index contributed by atoms with van der Waals surface area (Å²) < 4.78 is 5.97. The average molecular weight is 452 g/mol. The maximum Gasteiger partial charge on any atom is 0.265 e. The third kappa shape index (κ3) is 5.18. The van der Waals surface area contributed by atoms with E-state index in [0.717, 1.165) is 10.8 Å².